The summed E-state index contributed by atoms with van der Waals surface area (Å²) in [5, 5.41) is 8.07. The van der Waals surface area contributed by atoms with E-state index < -0.39 is 5.25 Å². The van der Waals surface area contributed by atoms with Crippen LogP contribution in [0.15, 0.2) is 16.0 Å². The molecule has 2 aromatic heterocycles. The lowest BCUT2D eigenvalue weighted by molar-refractivity contribution is -0.139. The van der Waals surface area contributed by atoms with Gasteiger partial charge in [0.05, 0.1) is 7.11 Å². The number of aromatic amines is 1. The van der Waals surface area contributed by atoms with Crippen LogP contribution < -0.4 is 5.56 Å². The summed E-state index contributed by atoms with van der Waals surface area (Å²) in [7, 11) is 1.34. The van der Waals surface area contributed by atoms with Crippen LogP contribution in [0.2, 0.25) is 0 Å². The molecule has 0 bridgehead atoms. The number of aromatic nitrogens is 4. The van der Waals surface area contributed by atoms with Gasteiger partial charge in [0.15, 0.2) is 5.16 Å². The van der Waals surface area contributed by atoms with Gasteiger partial charge in [-0.2, -0.15) is 0 Å². The van der Waals surface area contributed by atoms with Crippen LogP contribution in [0.25, 0.3) is 5.78 Å². The lowest BCUT2D eigenvalue weighted by Crippen LogP contribution is -2.16. The van der Waals surface area contributed by atoms with Crippen molar-refractivity contribution < 1.29 is 9.53 Å². The van der Waals surface area contributed by atoms with Crippen molar-refractivity contribution in [1.82, 2.24) is 19.6 Å². The first-order valence-corrected chi connectivity index (χ1v) is 6.66. The molecule has 0 aliphatic rings. The molecule has 0 aliphatic heterocycles. The van der Waals surface area contributed by atoms with Gasteiger partial charge in [0.1, 0.15) is 5.25 Å². The van der Waals surface area contributed by atoms with Crippen molar-refractivity contribution in [3.63, 3.8) is 0 Å². The van der Waals surface area contributed by atoms with Crippen LogP contribution in [0.5, 0.6) is 0 Å². The molecule has 8 heteroatoms. The molecule has 0 fully saturated rings. The van der Waals surface area contributed by atoms with E-state index in [2.05, 4.69) is 19.9 Å². The predicted molar refractivity (Wildman–Crippen MR) is 70.3 cm³/mol. The Labute approximate surface area is 113 Å². The molecular weight excluding hydrogens is 268 g/mol. The predicted octanol–water partition coefficient (Wildman–Crippen LogP) is 0.634. The smallest absolute Gasteiger partial charge is 0.318 e. The van der Waals surface area contributed by atoms with Crippen LogP contribution in [0.4, 0.5) is 0 Å². The Kier molecular flexibility index (Phi) is 3.89. The molecule has 0 saturated carbocycles. The minimum Gasteiger partial charge on any atom is -0.468 e. The zero-order chi connectivity index (χ0) is 14.0. The number of fused-ring (bicyclic) bond motifs is 1. The molecule has 1 N–H and O–H groups in total. The van der Waals surface area contributed by atoms with E-state index in [1.54, 1.807) is 11.3 Å². The van der Waals surface area contributed by atoms with Gasteiger partial charge < -0.3 is 4.74 Å². The monoisotopic (exact) mass is 282 g/mol. The van der Waals surface area contributed by atoms with Gasteiger partial charge in [-0.25, -0.2) is 0 Å². The number of rotatable bonds is 4. The molecule has 0 saturated heterocycles. The third-order valence-electron chi connectivity index (χ3n) is 2.63. The molecule has 1 unspecified atom stereocenters. The van der Waals surface area contributed by atoms with Crippen LogP contribution in [-0.4, -0.2) is 37.9 Å². The summed E-state index contributed by atoms with van der Waals surface area (Å²) in [6, 6.07) is 1.50. The maximum Gasteiger partial charge on any atom is 0.318 e. The van der Waals surface area contributed by atoms with Gasteiger partial charge in [-0.15, -0.1) is 10.2 Å². The average molecular weight is 282 g/mol. The molecule has 2 aromatic rings. The van der Waals surface area contributed by atoms with Crippen LogP contribution in [0.1, 0.15) is 19.5 Å². The highest BCUT2D eigenvalue weighted by Gasteiger charge is 2.19. The fourth-order valence-electron chi connectivity index (χ4n) is 1.68. The summed E-state index contributed by atoms with van der Waals surface area (Å²) in [4.78, 5) is 25.5. The second kappa shape index (κ2) is 5.43. The molecule has 0 aliphatic carbocycles. The number of carbonyl (C=O) groups is 1. The molecule has 19 heavy (non-hydrogen) atoms. The Morgan fingerprint density at radius 2 is 2.32 bits per heavy atom. The van der Waals surface area contributed by atoms with E-state index in [9.17, 15) is 9.59 Å². The number of ether oxygens (including phenoxy) is 1. The van der Waals surface area contributed by atoms with Crippen molar-refractivity contribution in [2.45, 2.75) is 30.7 Å². The first-order chi connectivity index (χ1) is 9.06. The number of carbonyl (C=O) groups excluding carboxylic acids is 1. The second-order valence-corrected chi connectivity index (χ2v) is 5.21. The number of hydrogen-bond acceptors (Lipinski definition) is 6. The van der Waals surface area contributed by atoms with E-state index in [1.165, 1.54) is 24.9 Å². The molecule has 0 amide bonds. The molecule has 1 atom stereocenters. The zero-order valence-corrected chi connectivity index (χ0v) is 11.7. The van der Waals surface area contributed by atoms with Gasteiger partial charge in [-0.05, 0) is 13.3 Å². The lowest BCUT2D eigenvalue weighted by Gasteiger charge is -2.08. The van der Waals surface area contributed by atoms with Crippen molar-refractivity contribution in [3.05, 3.63) is 22.1 Å². The molecule has 102 valence electrons. The van der Waals surface area contributed by atoms with E-state index in [0.29, 0.717) is 17.4 Å². The van der Waals surface area contributed by atoms with Crippen LogP contribution in [0, 0.1) is 0 Å². The Hall–Kier alpha value is -1.83. The number of nitrogens with one attached hydrogen (secondary N) is 1. The van der Waals surface area contributed by atoms with Crippen LogP contribution in [0.3, 0.4) is 0 Å². The topological polar surface area (TPSA) is 89.4 Å². The summed E-state index contributed by atoms with van der Waals surface area (Å²) in [6.07, 6.45) is 0.665. The van der Waals surface area contributed by atoms with Gasteiger partial charge in [0.2, 0.25) is 5.78 Å². The van der Waals surface area contributed by atoms with Gasteiger partial charge in [0, 0.05) is 11.8 Å². The minimum absolute atomic E-state index is 0.214. The van der Waals surface area contributed by atoms with Crippen molar-refractivity contribution >= 4 is 23.5 Å². The van der Waals surface area contributed by atoms with Crippen LogP contribution >= 0.6 is 11.8 Å². The number of hydrogen-bond donors (Lipinski definition) is 1. The minimum atomic E-state index is -0.394. The number of esters is 1. The lowest BCUT2D eigenvalue weighted by atomic mass is 10.3. The number of aryl methyl sites for hydroxylation is 1. The maximum absolute atomic E-state index is 11.4. The van der Waals surface area contributed by atoms with Crippen LogP contribution in [-0.2, 0) is 16.0 Å². The maximum atomic E-state index is 11.4. The van der Waals surface area contributed by atoms with E-state index in [-0.39, 0.29) is 11.5 Å². The molecule has 7 nitrogen and oxygen atoms in total. The first-order valence-electron chi connectivity index (χ1n) is 5.78. The molecule has 0 spiro atoms. The number of nitrogens with zero attached hydrogens (tertiary/aromatic N) is 3. The third-order valence-corrected chi connectivity index (χ3v) is 3.65. The van der Waals surface area contributed by atoms with E-state index >= 15 is 0 Å². The van der Waals surface area contributed by atoms with Gasteiger partial charge in [-0.1, -0.05) is 18.7 Å². The largest absolute Gasteiger partial charge is 0.468 e. The molecular formula is C11H14N4O3S. The summed E-state index contributed by atoms with van der Waals surface area (Å²) < 4.78 is 6.42. The van der Waals surface area contributed by atoms with Gasteiger partial charge in [-0.3, -0.25) is 19.0 Å². The fourth-order valence-corrected chi connectivity index (χ4v) is 2.59. The Bertz CT molecular complexity index is 663. The third kappa shape index (κ3) is 2.62. The first kappa shape index (κ1) is 13.6. The van der Waals surface area contributed by atoms with Crippen molar-refractivity contribution in [1.29, 1.82) is 0 Å². The number of thioether (sulfide) groups is 1. The summed E-state index contributed by atoms with van der Waals surface area (Å²) in [6.45, 7) is 3.67. The standard InChI is InChI=1S/C11H14N4O3S/c1-4-7-5-8(16)12-10-13-14-11(15(7)10)19-6(2)9(17)18-3/h5-6H,4H2,1-3H3,(H,12,13,16). The summed E-state index contributed by atoms with van der Waals surface area (Å²) in [5.74, 6) is 0.0492. The molecule has 0 aromatic carbocycles. The van der Waals surface area contributed by atoms with E-state index in [0.717, 1.165) is 5.69 Å². The Balaban J connectivity index is 2.45. The number of H-pyrrole nitrogens is 1. The molecule has 0 radical (unpaired) electrons. The van der Waals surface area contributed by atoms with Gasteiger partial charge in [0.25, 0.3) is 5.56 Å². The van der Waals surface area contributed by atoms with E-state index in [1.807, 2.05) is 6.92 Å². The molecule has 2 rings (SSSR count). The summed E-state index contributed by atoms with van der Waals surface area (Å²) in [5.41, 5.74) is 0.581. The van der Waals surface area contributed by atoms with Crippen molar-refractivity contribution in [2.75, 3.05) is 7.11 Å². The SMILES string of the molecule is CCc1cc(=O)[nH]c2nnc(SC(C)C(=O)OC)n12. The van der Waals surface area contributed by atoms with E-state index in [4.69, 9.17) is 0 Å². The Morgan fingerprint density at radius 3 is 2.95 bits per heavy atom. The van der Waals surface area contributed by atoms with Crippen molar-refractivity contribution in [2.24, 2.45) is 0 Å². The molecule has 2 heterocycles. The summed E-state index contributed by atoms with van der Waals surface area (Å²) >= 11 is 1.24. The second-order valence-electron chi connectivity index (χ2n) is 3.90. The van der Waals surface area contributed by atoms with Gasteiger partial charge >= 0.3 is 5.97 Å². The highest BCUT2D eigenvalue weighted by Crippen LogP contribution is 2.23. The highest BCUT2D eigenvalue weighted by molar-refractivity contribution is 8.00. The highest BCUT2D eigenvalue weighted by atomic mass is 32.2. The Morgan fingerprint density at radius 1 is 1.58 bits per heavy atom. The fraction of sp³-hybridized carbons (Fsp3) is 0.455. The quantitative estimate of drug-likeness (QED) is 0.653. The van der Waals surface area contributed by atoms with Crippen molar-refractivity contribution in [3.8, 4) is 0 Å². The normalized spacial score (nSPS) is 12.6. The number of methoxy groups -OCH3 is 1. The average Bonchev–Trinajstić information content (AvgIpc) is 2.79. The zero-order valence-electron chi connectivity index (χ0n) is 10.8.